The van der Waals surface area contributed by atoms with E-state index in [0.29, 0.717) is 18.8 Å². The zero-order valence-corrected chi connectivity index (χ0v) is 11.4. The summed E-state index contributed by atoms with van der Waals surface area (Å²) in [5, 5.41) is 16.7. The minimum absolute atomic E-state index is 0.0442. The molecule has 1 aromatic carbocycles. The van der Waals surface area contributed by atoms with Crippen LogP contribution in [-0.2, 0) is 6.54 Å². The lowest BCUT2D eigenvalue weighted by Crippen LogP contribution is -2.28. The second-order valence-electron chi connectivity index (χ2n) is 4.34. The first-order valence-electron chi connectivity index (χ1n) is 6.25. The Labute approximate surface area is 120 Å². The molecule has 8 nitrogen and oxygen atoms in total. The zero-order valence-electron chi connectivity index (χ0n) is 11.4. The third kappa shape index (κ3) is 3.06. The van der Waals surface area contributed by atoms with Gasteiger partial charge in [-0.05, 0) is 12.1 Å². The van der Waals surface area contributed by atoms with Crippen molar-refractivity contribution in [2.75, 3.05) is 18.5 Å². The summed E-state index contributed by atoms with van der Waals surface area (Å²) in [4.78, 5) is 24.8. The van der Waals surface area contributed by atoms with Crippen molar-refractivity contribution < 1.29 is 14.7 Å². The third-order valence-electron chi connectivity index (χ3n) is 2.92. The number of aromatic carboxylic acids is 1. The average Bonchev–Trinajstić information content (AvgIpc) is 2.94. The maximum absolute atomic E-state index is 12.3. The smallest absolute Gasteiger partial charge is 0.337 e. The highest BCUT2D eigenvalue weighted by Gasteiger charge is 2.21. The summed E-state index contributed by atoms with van der Waals surface area (Å²) >= 11 is 0. The Morgan fingerprint density at radius 1 is 1.38 bits per heavy atom. The van der Waals surface area contributed by atoms with E-state index in [1.54, 1.807) is 18.2 Å². The summed E-state index contributed by atoms with van der Waals surface area (Å²) in [6, 6.07) is 6.26. The van der Waals surface area contributed by atoms with E-state index in [1.165, 1.54) is 28.9 Å². The summed E-state index contributed by atoms with van der Waals surface area (Å²) in [6.45, 7) is 0.838. The highest BCUT2D eigenvalue weighted by molar-refractivity contribution is 6.07. The molecule has 0 aliphatic carbocycles. The number of amides is 1. The fourth-order valence-corrected chi connectivity index (χ4v) is 1.87. The molecule has 0 aliphatic rings. The predicted octanol–water partition coefficient (Wildman–Crippen LogP) is 0.212. The third-order valence-corrected chi connectivity index (χ3v) is 2.92. The number of carboxylic acid groups (broad SMARTS) is 1. The van der Waals surface area contributed by atoms with Gasteiger partial charge < -0.3 is 15.7 Å². The second kappa shape index (κ2) is 6.14. The van der Waals surface area contributed by atoms with Crippen LogP contribution in [0.15, 0.2) is 30.5 Å². The van der Waals surface area contributed by atoms with Gasteiger partial charge in [0.05, 0.1) is 24.0 Å². The summed E-state index contributed by atoms with van der Waals surface area (Å²) in [7, 11) is 1.49. The molecule has 1 heterocycles. The van der Waals surface area contributed by atoms with Crippen LogP contribution >= 0.6 is 0 Å². The minimum Gasteiger partial charge on any atom is -0.478 e. The van der Waals surface area contributed by atoms with Crippen LogP contribution in [0.2, 0.25) is 0 Å². The lowest BCUT2D eigenvalue weighted by atomic mass is 10.1. The van der Waals surface area contributed by atoms with Crippen LogP contribution in [0.5, 0.6) is 0 Å². The molecule has 3 N–H and O–H groups in total. The number of para-hydroxylation sites is 1. The van der Waals surface area contributed by atoms with Crippen molar-refractivity contribution in [3.63, 3.8) is 0 Å². The molecule has 0 bridgehead atoms. The van der Waals surface area contributed by atoms with Gasteiger partial charge in [-0.15, -0.1) is 5.10 Å². The van der Waals surface area contributed by atoms with Crippen molar-refractivity contribution in [3.05, 3.63) is 41.7 Å². The van der Waals surface area contributed by atoms with E-state index in [4.69, 9.17) is 10.8 Å². The van der Waals surface area contributed by atoms with E-state index >= 15 is 0 Å². The lowest BCUT2D eigenvalue weighted by molar-refractivity contribution is 0.0697. The predicted molar refractivity (Wildman–Crippen MR) is 75.2 cm³/mol. The molecule has 2 rings (SSSR count). The Balaban J connectivity index is 2.28. The van der Waals surface area contributed by atoms with Crippen LogP contribution in [0, 0.1) is 0 Å². The van der Waals surface area contributed by atoms with Crippen LogP contribution in [0.4, 0.5) is 5.69 Å². The van der Waals surface area contributed by atoms with Crippen molar-refractivity contribution in [1.29, 1.82) is 0 Å². The second-order valence-corrected chi connectivity index (χ2v) is 4.34. The number of anilines is 1. The van der Waals surface area contributed by atoms with Gasteiger partial charge in [0.15, 0.2) is 5.69 Å². The van der Waals surface area contributed by atoms with Crippen molar-refractivity contribution in [3.8, 4) is 0 Å². The molecule has 0 spiro atoms. The molecule has 21 heavy (non-hydrogen) atoms. The molecule has 2 aromatic rings. The van der Waals surface area contributed by atoms with Crippen molar-refractivity contribution in [1.82, 2.24) is 15.0 Å². The van der Waals surface area contributed by atoms with Crippen LogP contribution < -0.4 is 10.6 Å². The van der Waals surface area contributed by atoms with E-state index in [-0.39, 0.29) is 11.3 Å². The monoisotopic (exact) mass is 289 g/mol. The van der Waals surface area contributed by atoms with E-state index in [1.807, 2.05) is 0 Å². The van der Waals surface area contributed by atoms with Gasteiger partial charge >= 0.3 is 5.97 Å². The normalized spacial score (nSPS) is 10.4. The molecule has 0 radical (unpaired) electrons. The number of carbonyl (C=O) groups excluding carboxylic acids is 1. The first-order valence-corrected chi connectivity index (χ1v) is 6.25. The van der Waals surface area contributed by atoms with E-state index < -0.39 is 11.9 Å². The Kier molecular flexibility index (Phi) is 4.29. The molecule has 0 aliphatic heterocycles. The van der Waals surface area contributed by atoms with Gasteiger partial charge in [0, 0.05) is 13.6 Å². The number of hydrogen-bond donors (Lipinski definition) is 2. The van der Waals surface area contributed by atoms with Crippen LogP contribution in [-0.4, -0.2) is 45.6 Å². The Hall–Kier alpha value is -2.74. The molecule has 0 atom stereocenters. The molecule has 0 fully saturated rings. The molecular weight excluding hydrogens is 274 g/mol. The maximum atomic E-state index is 12.3. The number of carbonyl (C=O) groups is 2. The number of aromatic nitrogens is 3. The quantitative estimate of drug-likeness (QED) is 0.813. The van der Waals surface area contributed by atoms with Crippen LogP contribution in [0.3, 0.4) is 0 Å². The first kappa shape index (κ1) is 14.7. The Bertz CT molecular complexity index is 667. The molecule has 1 amide bonds. The highest BCUT2D eigenvalue weighted by atomic mass is 16.4. The summed E-state index contributed by atoms with van der Waals surface area (Å²) in [5.41, 5.74) is 5.87. The molecule has 110 valence electrons. The zero-order chi connectivity index (χ0) is 15.4. The van der Waals surface area contributed by atoms with E-state index in [2.05, 4.69) is 10.3 Å². The maximum Gasteiger partial charge on any atom is 0.337 e. The fourth-order valence-electron chi connectivity index (χ4n) is 1.87. The number of nitrogens with two attached hydrogens (primary N) is 1. The van der Waals surface area contributed by atoms with Gasteiger partial charge in [-0.1, -0.05) is 17.3 Å². The number of benzene rings is 1. The minimum atomic E-state index is -1.10. The van der Waals surface area contributed by atoms with Crippen molar-refractivity contribution >= 4 is 17.6 Å². The number of hydrogen-bond acceptors (Lipinski definition) is 5. The van der Waals surface area contributed by atoms with Crippen molar-refractivity contribution in [2.45, 2.75) is 6.54 Å². The molecule has 8 heteroatoms. The Morgan fingerprint density at radius 2 is 2.10 bits per heavy atom. The van der Waals surface area contributed by atoms with Crippen LogP contribution in [0.25, 0.3) is 0 Å². The van der Waals surface area contributed by atoms with E-state index in [9.17, 15) is 9.59 Å². The summed E-state index contributed by atoms with van der Waals surface area (Å²) < 4.78 is 1.46. The molecule has 0 unspecified atom stereocenters. The summed E-state index contributed by atoms with van der Waals surface area (Å²) in [6.07, 6.45) is 1.48. The molecule has 1 aromatic heterocycles. The molecule has 0 saturated heterocycles. The number of carboxylic acids is 1. The summed E-state index contributed by atoms with van der Waals surface area (Å²) in [5.74, 6) is -1.54. The average molecular weight is 289 g/mol. The van der Waals surface area contributed by atoms with Gasteiger partial charge in [-0.2, -0.15) is 0 Å². The van der Waals surface area contributed by atoms with Gasteiger partial charge in [0.25, 0.3) is 5.91 Å². The standard InChI is InChI=1S/C13H15N5O3/c1-17(11-5-3-2-4-9(11)13(20)21)12(19)10-8-18(7-6-14)16-15-10/h2-5,8H,6-7,14H2,1H3,(H,20,21). The van der Waals surface area contributed by atoms with Crippen LogP contribution in [0.1, 0.15) is 20.8 Å². The topological polar surface area (TPSA) is 114 Å². The number of rotatable bonds is 5. The highest BCUT2D eigenvalue weighted by Crippen LogP contribution is 2.20. The van der Waals surface area contributed by atoms with Gasteiger partial charge in [0.1, 0.15) is 0 Å². The largest absolute Gasteiger partial charge is 0.478 e. The fraction of sp³-hybridized carbons (Fsp3) is 0.231. The van der Waals surface area contributed by atoms with Crippen molar-refractivity contribution in [2.24, 2.45) is 5.73 Å². The van der Waals surface area contributed by atoms with E-state index in [0.717, 1.165) is 0 Å². The van der Waals surface area contributed by atoms with Gasteiger partial charge in [-0.3, -0.25) is 9.48 Å². The molecular formula is C13H15N5O3. The Morgan fingerprint density at radius 3 is 2.76 bits per heavy atom. The first-order chi connectivity index (χ1) is 10.0. The number of nitrogens with zero attached hydrogens (tertiary/aromatic N) is 4. The van der Waals surface area contributed by atoms with Gasteiger partial charge in [0.2, 0.25) is 0 Å². The molecule has 0 saturated carbocycles. The van der Waals surface area contributed by atoms with Gasteiger partial charge in [-0.25, -0.2) is 4.79 Å². The lowest BCUT2D eigenvalue weighted by Gasteiger charge is -2.17. The SMILES string of the molecule is CN(C(=O)c1cn(CCN)nn1)c1ccccc1C(=O)O.